The van der Waals surface area contributed by atoms with Crippen LogP contribution in [0.2, 0.25) is 0 Å². The van der Waals surface area contributed by atoms with Gasteiger partial charge in [-0.05, 0) is 26.9 Å². The number of carbonyl (C=O) groups is 1. The molecule has 1 rings (SSSR count). The summed E-state index contributed by atoms with van der Waals surface area (Å²) in [5.41, 5.74) is -0.829. The molecule has 0 aromatic rings. The SMILES string of the molecule is CCN(CC)CCNC1(C(=O)O)CC(C)OC(C)C1. The fourth-order valence-electron chi connectivity index (χ4n) is 2.95. The number of aliphatic carboxylic acids is 1. The Balaban J connectivity index is 2.59. The van der Waals surface area contributed by atoms with Gasteiger partial charge in [0.25, 0.3) is 0 Å². The second kappa shape index (κ2) is 7.22. The molecule has 1 heterocycles. The zero-order valence-electron chi connectivity index (χ0n) is 12.6. The van der Waals surface area contributed by atoms with Crippen LogP contribution in [-0.4, -0.2) is 59.9 Å². The number of nitrogens with zero attached hydrogens (tertiary/aromatic N) is 1. The van der Waals surface area contributed by atoms with Crippen LogP contribution in [0.4, 0.5) is 0 Å². The van der Waals surface area contributed by atoms with Crippen molar-refractivity contribution < 1.29 is 14.6 Å². The highest BCUT2D eigenvalue weighted by molar-refractivity contribution is 5.79. The molecule has 112 valence electrons. The first-order chi connectivity index (χ1) is 8.93. The molecular formula is C14H28N2O3. The van der Waals surface area contributed by atoms with E-state index in [1.807, 2.05) is 13.8 Å². The summed E-state index contributed by atoms with van der Waals surface area (Å²) >= 11 is 0. The lowest BCUT2D eigenvalue weighted by Gasteiger charge is -2.40. The maximum atomic E-state index is 11.7. The Morgan fingerprint density at radius 2 is 1.84 bits per heavy atom. The van der Waals surface area contributed by atoms with Gasteiger partial charge in [0.15, 0.2) is 0 Å². The summed E-state index contributed by atoms with van der Waals surface area (Å²) in [6.45, 7) is 11.7. The van der Waals surface area contributed by atoms with E-state index in [0.29, 0.717) is 19.4 Å². The molecule has 1 saturated heterocycles. The van der Waals surface area contributed by atoms with Crippen LogP contribution in [0, 0.1) is 0 Å². The van der Waals surface area contributed by atoms with Crippen molar-refractivity contribution in [2.24, 2.45) is 0 Å². The number of rotatable bonds is 7. The lowest BCUT2D eigenvalue weighted by Crippen LogP contribution is -2.59. The smallest absolute Gasteiger partial charge is 0.324 e. The van der Waals surface area contributed by atoms with E-state index >= 15 is 0 Å². The van der Waals surface area contributed by atoms with Gasteiger partial charge in [0.1, 0.15) is 5.54 Å². The Labute approximate surface area is 116 Å². The third-order valence-electron chi connectivity index (χ3n) is 3.93. The minimum atomic E-state index is -0.829. The van der Waals surface area contributed by atoms with Gasteiger partial charge in [-0.1, -0.05) is 13.8 Å². The highest BCUT2D eigenvalue weighted by Crippen LogP contribution is 2.29. The van der Waals surface area contributed by atoms with Crippen LogP contribution in [-0.2, 0) is 9.53 Å². The van der Waals surface area contributed by atoms with Gasteiger partial charge >= 0.3 is 5.97 Å². The van der Waals surface area contributed by atoms with Gasteiger partial charge in [0.2, 0.25) is 0 Å². The van der Waals surface area contributed by atoms with Crippen LogP contribution < -0.4 is 5.32 Å². The molecule has 19 heavy (non-hydrogen) atoms. The predicted octanol–water partition coefficient (Wildman–Crippen LogP) is 1.33. The van der Waals surface area contributed by atoms with Crippen molar-refractivity contribution in [2.75, 3.05) is 26.2 Å². The van der Waals surface area contributed by atoms with Gasteiger partial charge < -0.3 is 20.1 Å². The van der Waals surface area contributed by atoms with Crippen molar-refractivity contribution in [3.63, 3.8) is 0 Å². The fourth-order valence-corrected chi connectivity index (χ4v) is 2.95. The molecule has 0 aromatic carbocycles. The molecule has 1 fully saturated rings. The monoisotopic (exact) mass is 272 g/mol. The molecule has 0 aromatic heterocycles. The summed E-state index contributed by atoms with van der Waals surface area (Å²) in [5, 5.41) is 12.8. The number of likely N-dealkylation sites (N-methyl/N-ethyl adjacent to an activating group) is 1. The number of hydrogen-bond donors (Lipinski definition) is 2. The third kappa shape index (κ3) is 4.44. The molecule has 0 bridgehead atoms. The Morgan fingerprint density at radius 1 is 1.32 bits per heavy atom. The van der Waals surface area contributed by atoms with Crippen LogP contribution in [0.1, 0.15) is 40.5 Å². The van der Waals surface area contributed by atoms with Crippen molar-refractivity contribution in [1.29, 1.82) is 0 Å². The largest absolute Gasteiger partial charge is 0.480 e. The van der Waals surface area contributed by atoms with Crippen molar-refractivity contribution >= 4 is 5.97 Å². The number of carboxylic acids is 1. The van der Waals surface area contributed by atoms with E-state index < -0.39 is 11.5 Å². The first-order valence-electron chi connectivity index (χ1n) is 7.29. The van der Waals surface area contributed by atoms with E-state index in [0.717, 1.165) is 19.6 Å². The number of hydrogen-bond acceptors (Lipinski definition) is 4. The summed E-state index contributed by atoms with van der Waals surface area (Å²) in [5.74, 6) is -0.756. The predicted molar refractivity (Wildman–Crippen MR) is 75.4 cm³/mol. The highest BCUT2D eigenvalue weighted by atomic mass is 16.5. The summed E-state index contributed by atoms with van der Waals surface area (Å²) < 4.78 is 5.65. The van der Waals surface area contributed by atoms with E-state index in [-0.39, 0.29) is 12.2 Å². The molecule has 5 heteroatoms. The Kier molecular flexibility index (Phi) is 6.23. The molecule has 2 atom stereocenters. The minimum Gasteiger partial charge on any atom is -0.480 e. The average Bonchev–Trinajstić information content (AvgIpc) is 2.33. The van der Waals surface area contributed by atoms with Crippen LogP contribution in [0.15, 0.2) is 0 Å². The van der Waals surface area contributed by atoms with Gasteiger partial charge in [-0.15, -0.1) is 0 Å². The summed E-state index contributed by atoms with van der Waals surface area (Å²) in [4.78, 5) is 13.9. The number of nitrogens with one attached hydrogen (secondary N) is 1. The average molecular weight is 272 g/mol. The minimum absolute atomic E-state index is 0.0131. The topological polar surface area (TPSA) is 61.8 Å². The van der Waals surface area contributed by atoms with Gasteiger partial charge in [-0.2, -0.15) is 0 Å². The molecule has 2 N–H and O–H groups in total. The van der Waals surface area contributed by atoms with E-state index in [4.69, 9.17) is 4.74 Å². The third-order valence-corrected chi connectivity index (χ3v) is 3.93. The molecule has 2 unspecified atom stereocenters. The molecule has 0 amide bonds. The maximum absolute atomic E-state index is 11.7. The lowest BCUT2D eigenvalue weighted by atomic mass is 9.84. The van der Waals surface area contributed by atoms with Crippen molar-refractivity contribution in [3.8, 4) is 0 Å². The second-order valence-electron chi connectivity index (χ2n) is 5.51. The lowest BCUT2D eigenvalue weighted by molar-refractivity contribution is -0.155. The Morgan fingerprint density at radius 3 is 2.26 bits per heavy atom. The molecule has 1 aliphatic rings. The summed E-state index contributed by atoms with van der Waals surface area (Å²) in [6.07, 6.45) is 1.04. The molecule has 5 nitrogen and oxygen atoms in total. The number of carboxylic acid groups (broad SMARTS) is 1. The van der Waals surface area contributed by atoms with Crippen LogP contribution in [0.25, 0.3) is 0 Å². The van der Waals surface area contributed by atoms with Crippen molar-refractivity contribution in [1.82, 2.24) is 10.2 Å². The summed E-state index contributed by atoms with van der Waals surface area (Å²) in [6, 6.07) is 0. The first-order valence-corrected chi connectivity index (χ1v) is 7.29. The first kappa shape index (κ1) is 16.4. The Bertz CT molecular complexity index is 282. The molecule has 0 spiro atoms. The zero-order chi connectivity index (χ0) is 14.5. The van der Waals surface area contributed by atoms with E-state index in [1.54, 1.807) is 0 Å². The summed E-state index contributed by atoms with van der Waals surface area (Å²) in [7, 11) is 0. The van der Waals surface area contributed by atoms with Gasteiger partial charge in [-0.3, -0.25) is 4.79 Å². The Hall–Kier alpha value is -0.650. The quantitative estimate of drug-likeness (QED) is 0.732. The highest BCUT2D eigenvalue weighted by Gasteiger charge is 2.44. The van der Waals surface area contributed by atoms with E-state index in [1.165, 1.54) is 0 Å². The number of ether oxygens (including phenoxy) is 1. The van der Waals surface area contributed by atoms with Crippen LogP contribution in [0.5, 0.6) is 0 Å². The standard InChI is InChI=1S/C14H28N2O3/c1-5-16(6-2)8-7-15-14(13(17)18)9-11(3)19-12(4)10-14/h11-12,15H,5-10H2,1-4H3,(H,17,18). The van der Waals surface area contributed by atoms with Crippen LogP contribution >= 0.6 is 0 Å². The van der Waals surface area contributed by atoms with Gasteiger partial charge in [0.05, 0.1) is 12.2 Å². The van der Waals surface area contributed by atoms with Gasteiger partial charge in [-0.25, -0.2) is 0 Å². The molecule has 1 aliphatic heterocycles. The normalized spacial score (nSPS) is 31.6. The van der Waals surface area contributed by atoms with Crippen molar-refractivity contribution in [3.05, 3.63) is 0 Å². The van der Waals surface area contributed by atoms with Crippen LogP contribution in [0.3, 0.4) is 0 Å². The second-order valence-corrected chi connectivity index (χ2v) is 5.51. The fraction of sp³-hybridized carbons (Fsp3) is 0.929. The molecular weight excluding hydrogens is 244 g/mol. The van der Waals surface area contributed by atoms with E-state index in [2.05, 4.69) is 24.1 Å². The van der Waals surface area contributed by atoms with E-state index in [9.17, 15) is 9.90 Å². The molecule has 0 aliphatic carbocycles. The van der Waals surface area contributed by atoms with Gasteiger partial charge in [0, 0.05) is 25.9 Å². The molecule has 0 radical (unpaired) electrons. The van der Waals surface area contributed by atoms with Crippen molar-refractivity contribution in [2.45, 2.75) is 58.3 Å². The zero-order valence-corrected chi connectivity index (χ0v) is 12.6. The molecule has 0 saturated carbocycles. The maximum Gasteiger partial charge on any atom is 0.324 e.